The highest BCUT2D eigenvalue weighted by molar-refractivity contribution is 5.78. The highest BCUT2D eigenvalue weighted by Gasteiger charge is 2.28. The molecule has 0 heterocycles. The third-order valence-electron chi connectivity index (χ3n) is 3.21. The minimum absolute atomic E-state index is 0.0115. The first-order chi connectivity index (χ1) is 6.65. The molecule has 0 aromatic heterocycles. The summed E-state index contributed by atoms with van der Waals surface area (Å²) in [5.74, 6) is 1.28. The van der Waals surface area contributed by atoms with Crippen molar-refractivity contribution in [3.63, 3.8) is 0 Å². The van der Waals surface area contributed by atoms with Gasteiger partial charge in [-0.25, -0.2) is 0 Å². The molecule has 2 unspecified atom stereocenters. The molecule has 3 N–H and O–H groups in total. The van der Waals surface area contributed by atoms with Gasteiger partial charge in [-0.1, -0.05) is 26.7 Å². The van der Waals surface area contributed by atoms with Gasteiger partial charge >= 0.3 is 0 Å². The van der Waals surface area contributed by atoms with Gasteiger partial charge in [-0.05, 0) is 24.7 Å². The van der Waals surface area contributed by atoms with E-state index < -0.39 is 0 Å². The number of carbonyl (C=O) groups is 1. The normalized spacial score (nSPS) is 27.7. The Balaban J connectivity index is 2.49. The minimum atomic E-state index is -0.0115. The van der Waals surface area contributed by atoms with Gasteiger partial charge in [-0.15, -0.1) is 0 Å². The van der Waals surface area contributed by atoms with Gasteiger partial charge in [0.2, 0.25) is 5.91 Å². The molecule has 14 heavy (non-hydrogen) atoms. The Bertz CT molecular complexity index is 192. The van der Waals surface area contributed by atoms with Crippen molar-refractivity contribution >= 4 is 5.91 Å². The molecule has 0 radical (unpaired) electrons. The third-order valence-corrected chi connectivity index (χ3v) is 3.21. The van der Waals surface area contributed by atoms with Gasteiger partial charge < -0.3 is 11.1 Å². The summed E-state index contributed by atoms with van der Waals surface area (Å²) in [6.07, 6.45) is 4.90. The van der Waals surface area contributed by atoms with Crippen LogP contribution in [0, 0.1) is 11.8 Å². The maximum Gasteiger partial charge on any atom is 0.233 e. The van der Waals surface area contributed by atoms with Gasteiger partial charge in [-0.3, -0.25) is 4.79 Å². The minimum Gasteiger partial charge on any atom is -0.352 e. The van der Waals surface area contributed by atoms with Crippen LogP contribution >= 0.6 is 0 Å². The van der Waals surface area contributed by atoms with E-state index in [1.54, 1.807) is 0 Å². The summed E-state index contributed by atoms with van der Waals surface area (Å²) in [6.45, 7) is 4.58. The number of hydrogen-bond acceptors (Lipinski definition) is 2. The maximum absolute atomic E-state index is 11.2. The predicted octanol–water partition coefficient (Wildman–Crippen LogP) is 1.28. The molecule has 3 heteroatoms. The molecule has 0 aliphatic heterocycles. The second kappa shape index (κ2) is 5.35. The van der Waals surface area contributed by atoms with Crippen LogP contribution < -0.4 is 11.1 Å². The Hall–Kier alpha value is -0.570. The van der Waals surface area contributed by atoms with Gasteiger partial charge in [-0.2, -0.15) is 0 Å². The van der Waals surface area contributed by atoms with E-state index in [-0.39, 0.29) is 12.5 Å². The molecule has 1 fully saturated rings. The van der Waals surface area contributed by atoms with Crippen molar-refractivity contribution in [2.75, 3.05) is 6.54 Å². The van der Waals surface area contributed by atoms with Gasteiger partial charge in [0, 0.05) is 6.04 Å². The summed E-state index contributed by atoms with van der Waals surface area (Å²) in [6, 6.07) is 0.361. The van der Waals surface area contributed by atoms with E-state index in [1.165, 1.54) is 19.3 Å². The highest BCUT2D eigenvalue weighted by Crippen LogP contribution is 2.29. The summed E-state index contributed by atoms with van der Waals surface area (Å²) < 4.78 is 0. The summed E-state index contributed by atoms with van der Waals surface area (Å²) in [7, 11) is 0. The Morgan fingerprint density at radius 2 is 2.07 bits per heavy atom. The van der Waals surface area contributed by atoms with Gasteiger partial charge in [0.1, 0.15) is 0 Å². The Labute approximate surface area is 86.4 Å². The monoisotopic (exact) mass is 198 g/mol. The van der Waals surface area contributed by atoms with Crippen molar-refractivity contribution in [3.8, 4) is 0 Å². The molecule has 0 bridgehead atoms. The zero-order valence-corrected chi connectivity index (χ0v) is 9.25. The number of rotatable bonds is 3. The van der Waals surface area contributed by atoms with E-state index in [1.807, 2.05) is 0 Å². The number of nitrogens with two attached hydrogens (primary N) is 1. The van der Waals surface area contributed by atoms with Crippen LogP contribution in [0.3, 0.4) is 0 Å². The van der Waals surface area contributed by atoms with E-state index in [9.17, 15) is 4.79 Å². The zero-order valence-electron chi connectivity index (χ0n) is 9.25. The van der Waals surface area contributed by atoms with Gasteiger partial charge in [0.25, 0.3) is 0 Å². The number of nitrogens with one attached hydrogen (secondary N) is 1. The first kappa shape index (κ1) is 11.5. The molecular weight excluding hydrogens is 176 g/mol. The van der Waals surface area contributed by atoms with E-state index >= 15 is 0 Å². The molecule has 3 nitrogen and oxygen atoms in total. The molecule has 0 saturated heterocycles. The van der Waals surface area contributed by atoms with E-state index in [0.29, 0.717) is 17.9 Å². The molecule has 1 amide bonds. The first-order valence-corrected chi connectivity index (χ1v) is 5.64. The fraction of sp³-hybridized carbons (Fsp3) is 0.909. The number of carbonyl (C=O) groups excluding carboxylic acids is 1. The van der Waals surface area contributed by atoms with E-state index in [2.05, 4.69) is 19.2 Å². The average molecular weight is 198 g/mol. The number of hydrogen-bond donors (Lipinski definition) is 2. The fourth-order valence-electron chi connectivity index (χ4n) is 2.40. The largest absolute Gasteiger partial charge is 0.352 e. The van der Waals surface area contributed by atoms with Crippen molar-refractivity contribution in [2.45, 2.75) is 45.6 Å². The SMILES string of the molecule is CC(C)C1CCCCC1NC(=O)CN. The second-order valence-corrected chi connectivity index (χ2v) is 4.57. The van der Waals surface area contributed by atoms with Crippen molar-refractivity contribution in [3.05, 3.63) is 0 Å². The van der Waals surface area contributed by atoms with Crippen LogP contribution in [0.25, 0.3) is 0 Å². The Morgan fingerprint density at radius 1 is 1.43 bits per heavy atom. The van der Waals surface area contributed by atoms with Crippen LogP contribution in [-0.2, 0) is 4.79 Å². The lowest BCUT2D eigenvalue weighted by atomic mass is 9.78. The summed E-state index contributed by atoms with van der Waals surface area (Å²) >= 11 is 0. The molecule has 0 aromatic rings. The molecular formula is C11H22N2O. The molecule has 1 aliphatic rings. The van der Waals surface area contributed by atoms with Crippen LogP contribution in [-0.4, -0.2) is 18.5 Å². The molecule has 1 aliphatic carbocycles. The van der Waals surface area contributed by atoms with Crippen LogP contribution in [0.1, 0.15) is 39.5 Å². The third kappa shape index (κ3) is 2.98. The van der Waals surface area contributed by atoms with Gasteiger partial charge in [0.15, 0.2) is 0 Å². The van der Waals surface area contributed by atoms with Gasteiger partial charge in [0.05, 0.1) is 6.54 Å². The highest BCUT2D eigenvalue weighted by atomic mass is 16.1. The lowest BCUT2D eigenvalue weighted by Crippen LogP contribution is -2.46. The summed E-state index contributed by atoms with van der Waals surface area (Å²) in [5, 5.41) is 3.04. The van der Waals surface area contributed by atoms with Crippen LogP contribution in [0.2, 0.25) is 0 Å². The van der Waals surface area contributed by atoms with Crippen LogP contribution in [0.4, 0.5) is 0 Å². The first-order valence-electron chi connectivity index (χ1n) is 5.64. The quantitative estimate of drug-likeness (QED) is 0.717. The lowest BCUT2D eigenvalue weighted by molar-refractivity contribution is -0.121. The molecule has 0 spiro atoms. The zero-order chi connectivity index (χ0) is 10.6. The van der Waals surface area contributed by atoms with E-state index in [0.717, 1.165) is 6.42 Å². The molecule has 2 atom stereocenters. The summed E-state index contributed by atoms with van der Waals surface area (Å²) in [5.41, 5.74) is 5.30. The fourth-order valence-corrected chi connectivity index (χ4v) is 2.40. The summed E-state index contributed by atoms with van der Waals surface area (Å²) in [4.78, 5) is 11.2. The second-order valence-electron chi connectivity index (χ2n) is 4.57. The molecule has 1 rings (SSSR count). The Kier molecular flexibility index (Phi) is 4.39. The van der Waals surface area contributed by atoms with E-state index in [4.69, 9.17) is 5.73 Å². The molecule has 82 valence electrons. The standard InChI is InChI=1S/C11H22N2O/c1-8(2)9-5-3-4-6-10(9)13-11(14)7-12/h8-10H,3-7,12H2,1-2H3,(H,13,14). The smallest absolute Gasteiger partial charge is 0.233 e. The molecule has 1 saturated carbocycles. The predicted molar refractivity (Wildman–Crippen MR) is 57.8 cm³/mol. The van der Waals surface area contributed by atoms with Crippen LogP contribution in [0.15, 0.2) is 0 Å². The Morgan fingerprint density at radius 3 is 2.64 bits per heavy atom. The average Bonchev–Trinajstić information content (AvgIpc) is 2.18. The lowest BCUT2D eigenvalue weighted by Gasteiger charge is -2.34. The van der Waals surface area contributed by atoms with Crippen molar-refractivity contribution in [2.24, 2.45) is 17.6 Å². The molecule has 0 aromatic carbocycles. The van der Waals surface area contributed by atoms with Crippen molar-refractivity contribution in [1.82, 2.24) is 5.32 Å². The number of amides is 1. The van der Waals surface area contributed by atoms with Crippen molar-refractivity contribution < 1.29 is 4.79 Å². The maximum atomic E-state index is 11.2. The van der Waals surface area contributed by atoms with Crippen LogP contribution in [0.5, 0.6) is 0 Å². The topological polar surface area (TPSA) is 55.1 Å². The van der Waals surface area contributed by atoms with Crippen molar-refractivity contribution in [1.29, 1.82) is 0 Å².